The van der Waals surface area contributed by atoms with E-state index in [9.17, 15) is 9.59 Å². The van der Waals surface area contributed by atoms with Gasteiger partial charge in [-0.3, -0.25) is 4.79 Å². The fraction of sp³-hybridized carbons (Fsp3) is 0.474. The number of rotatable bonds is 6. The molecule has 1 aromatic heterocycles. The van der Waals surface area contributed by atoms with Crippen LogP contribution in [-0.2, 0) is 9.53 Å². The highest BCUT2D eigenvalue weighted by atomic mass is 35.5. The maximum atomic E-state index is 12.6. The van der Waals surface area contributed by atoms with Gasteiger partial charge >= 0.3 is 5.97 Å². The molecule has 1 aliphatic heterocycles. The fourth-order valence-corrected chi connectivity index (χ4v) is 3.29. The first kappa shape index (κ1) is 25.0. The van der Waals surface area contributed by atoms with E-state index in [2.05, 4.69) is 12.4 Å². The topological polar surface area (TPSA) is 86.7 Å². The number of carbonyl (C=O) groups excluding carboxylic acids is 2. The molecule has 1 amide bonds. The highest BCUT2D eigenvalue weighted by Crippen LogP contribution is 2.34. The summed E-state index contributed by atoms with van der Waals surface area (Å²) in [5.74, 6) is -0.132. The van der Waals surface area contributed by atoms with E-state index in [1.54, 1.807) is 32.2 Å². The molecular weight excluding hydrogens is 421 g/mol. The number of amides is 1. The first-order valence-electron chi connectivity index (χ1n) is 9.24. The molecule has 0 bridgehead atoms. The van der Waals surface area contributed by atoms with Crippen molar-refractivity contribution in [3.63, 3.8) is 0 Å². The molecule has 1 saturated heterocycles. The van der Waals surface area contributed by atoms with Gasteiger partial charge in [-0.25, -0.2) is 4.79 Å². The lowest BCUT2D eigenvalue weighted by atomic mass is 10.2. The number of esters is 1. The molecule has 1 aliphatic rings. The molecule has 162 valence electrons. The summed E-state index contributed by atoms with van der Waals surface area (Å²) in [4.78, 5) is 27.6. The van der Waals surface area contributed by atoms with Crippen molar-refractivity contribution in [1.82, 2.24) is 0 Å². The molecule has 8 nitrogen and oxygen atoms in total. The Morgan fingerprint density at radius 3 is 2.48 bits per heavy atom. The van der Waals surface area contributed by atoms with Gasteiger partial charge in [0.1, 0.15) is 43.2 Å². The molecule has 10 heteroatoms. The maximum absolute atomic E-state index is 12.6. The molecule has 0 aliphatic carbocycles. The van der Waals surface area contributed by atoms with E-state index in [1.807, 2.05) is 0 Å². The average molecular weight is 448 g/mol. The third-order valence-electron chi connectivity index (χ3n) is 4.84. The van der Waals surface area contributed by atoms with Gasteiger partial charge in [0.25, 0.3) is 5.91 Å². The van der Waals surface area contributed by atoms with Gasteiger partial charge in [0, 0.05) is 5.39 Å². The number of likely N-dealkylation sites (N-methyl/N-ethyl adjacent to an activating group) is 1. The number of piperazine rings is 1. The summed E-state index contributed by atoms with van der Waals surface area (Å²) in [6.07, 6.45) is 0. The number of furan rings is 1. The maximum Gasteiger partial charge on any atom is 0.376 e. The normalized spacial score (nSPS) is 18.3. The Hall–Kier alpha value is -2.00. The molecule has 1 aromatic carbocycles. The summed E-state index contributed by atoms with van der Waals surface area (Å²) in [7, 11) is 3.72. The predicted octanol–water partition coefficient (Wildman–Crippen LogP) is -7.02. The van der Waals surface area contributed by atoms with E-state index in [0.717, 1.165) is 26.2 Å². The monoisotopic (exact) mass is 447 g/mol. The van der Waals surface area contributed by atoms with Crippen molar-refractivity contribution in [2.75, 3.05) is 58.8 Å². The van der Waals surface area contributed by atoms with Crippen LogP contribution in [0.5, 0.6) is 5.75 Å². The lowest BCUT2D eigenvalue weighted by molar-refractivity contribution is -0.999. The van der Waals surface area contributed by atoms with Crippen molar-refractivity contribution < 1.29 is 58.1 Å². The van der Waals surface area contributed by atoms with Crippen LogP contribution in [0.25, 0.3) is 11.0 Å². The Morgan fingerprint density at radius 2 is 1.86 bits per heavy atom. The first-order chi connectivity index (χ1) is 13.0. The van der Waals surface area contributed by atoms with Crippen molar-refractivity contribution in [3.05, 3.63) is 24.0 Å². The van der Waals surface area contributed by atoms with E-state index in [1.165, 1.54) is 9.80 Å². The highest BCUT2D eigenvalue weighted by Gasteiger charge is 2.27. The molecule has 0 atom stereocenters. The Kier molecular flexibility index (Phi) is 9.72. The van der Waals surface area contributed by atoms with Gasteiger partial charge < -0.3 is 53.8 Å². The van der Waals surface area contributed by atoms with Crippen LogP contribution in [0.2, 0.25) is 0 Å². The van der Waals surface area contributed by atoms with Gasteiger partial charge in [0.15, 0.2) is 6.54 Å². The molecule has 2 aromatic rings. The Morgan fingerprint density at radius 1 is 1.17 bits per heavy atom. The zero-order chi connectivity index (χ0) is 19.4. The number of quaternary nitrogens is 2. The number of nitrogens with one attached hydrogen (secondary N) is 3. The molecule has 0 radical (unpaired) electrons. The second kappa shape index (κ2) is 11.3. The second-order valence-electron chi connectivity index (χ2n) is 6.82. The van der Waals surface area contributed by atoms with Gasteiger partial charge in [0.2, 0.25) is 5.76 Å². The van der Waals surface area contributed by atoms with E-state index in [0.29, 0.717) is 29.0 Å². The third kappa shape index (κ3) is 5.99. The second-order valence-corrected chi connectivity index (χ2v) is 6.82. The summed E-state index contributed by atoms with van der Waals surface area (Å²) in [5.41, 5.74) is 0.830. The molecule has 1 fully saturated rings. The van der Waals surface area contributed by atoms with E-state index in [-0.39, 0.29) is 43.1 Å². The largest absolute Gasteiger partial charge is 1.00 e. The Bertz CT molecular complexity index is 835. The number of fused-ring (bicyclic) bond motifs is 1. The molecule has 0 saturated carbocycles. The zero-order valence-corrected chi connectivity index (χ0v) is 18.3. The number of halogens is 2. The lowest BCUT2D eigenvalue weighted by Gasteiger charge is -2.26. The minimum absolute atomic E-state index is 0. The summed E-state index contributed by atoms with van der Waals surface area (Å²) in [6.45, 7) is 6.28. The minimum Gasteiger partial charge on any atom is -1.00 e. The molecular formula is C19H27Cl2N3O5. The minimum atomic E-state index is -0.599. The van der Waals surface area contributed by atoms with Crippen molar-refractivity contribution >= 4 is 28.5 Å². The number of carbonyl (C=O) groups is 2. The number of methoxy groups -OCH3 is 1. The summed E-state index contributed by atoms with van der Waals surface area (Å²) >= 11 is 0. The van der Waals surface area contributed by atoms with Crippen molar-refractivity contribution in [2.24, 2.45) is 0 Å². The van der Waals surface area contributed by atoms with E-state index in [4.69, 9.17) is 13.9 Å². The van der Waals surface area contributed by atoms with Gasteiger partial charge in [-0.2, -0.15) is 0 Å². The predicted molar refractivity (Wildman–Crippen MR) is 99.5 cm³/mol. The van der Waals surface area contributed by atoms with E-state index < -0.39 is 5.97 Å². The van der Waals surface area contributed by atoms with Crippen molar-refractivity contribution in [1.29, 1.82) is 0 Å². The summed E-state index contributed by atoms with van der Waals surface area (Å²) < 4.78 is 16.0. The van der Waals surface area contributed by atoms with Crippen LogP contribution in [0.1, 0.15) is 17.5 Å². The number of anilines is 1. The number of ether oxygens (including phenoxy) is 2. The standard InChI is InChI=1S/C19H25N3O5.2ClH/c1-4-26-19(24)18-17(14-11-13(25-3)5-6-15(14)27-18)20-16(23)12-22-9-7-21(2)8-10-22;;/h5-6,11H,4,7-10,12H2,1-3H3,(H,20,23);2*1H. The smallest absolute Gasteiger partial charge is 0.376 e. The van der Waals surface area contributed by atoms with Crippen LogP contribution >= 0.6 is 0 Å². The van der Waals surface area contributed by atoms with Crippen LogP contribution in [0.15, 0.2) is 22.6 Å². The SMILES string of the molecule is CCOC(=O)c1oc2ccc(OC)cc2c1NC(=O)C[NH+]1CC[NH+](C)CC1.[Cl-].[Cl-]. The molecule has 2 heterocycles. The quantitative estimate of drug-likeness (QED) is 0.383. The van der Waals surface area contributed by atoms with Crippen molar-refractivity contribution in [3.8, 4) is 5.75 Å². The van der Waals surface area contributed by atoms with Gasteiger partial charge in [-0.05, 0) is 25.1 Å². The van der Waals surface area contributed by atoms with Gasteiger partial charge in [-0.15, -0.1) is 0 Å². The van der Waals surface area contributed by atoms with Gasteiger partial charge in [0.05, 0.1) is 20.8 Å². The van der Waals surface area contributed by atoms with Crippen LogP contribution in [0, 0.1) is 0 Å². The van der Waals surface area contributed by atoms with Crippen molar-refractivity contribution in [2.45, 2.75) is 6.92 Å². The Labute approximate surface area is 182 Å². The van der Waals surface area contributed by atoms with Crippen LogP contribution < -0.4 is 44.7 Å². The molecule has 29 heavy (non-hydrogen) atoms. The average Bonchev–Trinajstić information content (AvgIpc) is 3.01. The fourth-order valence-electron chi connectivity index (χ4n) is 3.29. The highest BCUT2D eigenvalue weighted by molar-refractivity contribution is 6.09. The molecule has 0 spiro atoms. The van der Waals surface area contributed by atoms with Crippen LogP contribution in [-0.4, -0.2) is 65.4 Å². The summed E-state index contributed by atoms with van der Waals surface area (Å²) in [5, 5.41) is 3.48. The lowest BCUT2D eigenvalue weighted by Crippen LogP contribution is -3.27. The number of hydrogen-bond acceptors (Lipinski definition) is 5. The third-order valence-corrected chi connectivity index (χ3v) is 4.84. The number of benzene rings is 1. The molecule has 0 unspecified atom stereocenters. The van der Waals surface area contributed by atoms with Crippen LogP contribution in [0.3, 0.4) is 0 Å². The summed E-state index contributed by atoms with van der Waals surface area (Å²) in [6, 6.07) is 5.19. The van der Waals surface area contributed by atoms with Gasteiger partial charge in [-0.1, -0.05) is 0 Å². The number of hydrogen-bond donors (Lipinski definition) is 3. The Balaban J connectivity index is 0.00000210. The first-order valence-corrected chi connectivity index (χ1v) is 9.24. The molecule has 3 rings (SSSR count). The van der Waals surface area contributed by atoms with Crippen LogP contribution in [0.4, 0.5) is 5.69 Å². The van der Waals surface area contributed by atoms with E-state index >= 15 is 0 Å². The zero-order valence-electron chi connectivity index (χ0n) is 16.8. The molecule has 3 N–H and O–H groups in total.